The number of carbonyl (C=O) groups excluding carboxylic acids is 2. The SMILES string of the molecule is CCC(CC)(CN)OC(=O)NC1CCN(CC(O)COc2cccc3c2CCC(=O)N3)CC1.Cl. The van der Waals surface area contributed by atoms with E-state index in [4.69, 9.17) is 15.2 Å². The fourth-order valence-corrected chi connectivity index (χ4v) is 4.44. The van der Waals surface area contributed by atoms with Crippen LogP contribution < -0.4 is 21.1 Å². The number of halogens is 1. The topological polar surface area (TPSA) is 126 Å². The molecule has 34 heavy (non-hydrogen) atoms. The molecule has 0 aliphatic carbocycles. The van der Waals surface area contributed by atoms with E-state index in [9.17, 15) is 14.7 Å². The number of nitrogens with two attached hydrogens (primary N) is 1. The third kappa shape index (κ3) is 7.46. The van der Waals surface area contributed by atoms with Gasteiger partial charge in [-0.2, -0.15) is 0 Å². The van der Waals surface area contributed by atoms with Crippen LogP contribution in [-0.4, -0.2) is 72.5 Å². The monoisotopic (exact) mass is 498 g/mol. The summed E-state index contributed by atoms with van der Waals surface area (Å²) >= 11 is 0. The number of nitrogens with one attached hydrogen (secondary N) is 2. The summed E-state index contributed by atoms with van der Waals surface area (Å²) in [5.41, 5.74) is 6.98. The quantitative estimate of drug-likeness (QED) is 0.390. The molecule has 5 N–H and O–H groups in total. The summed E-state index contributed by atoms with van der Waals surface area (Å²) in [6, 6.07) is 5.63. The fourth-order valence-electron chi connectivity index (χ4n) is 4.44. The number of rotatable bonds is 10. The number of ether oxygens (including phenoxy) is 2. The smallest absolute Gasteiger partial charge is 0.407 e. The second-order valence-electron chi connectivity index (χ2n) is 9.00. The Morgan fingerprint density at radius 1 is 1.29 bits per heavy atom. The number of benzene rings is 1. The molecular weight excluding hydrogens is 460 g/mol. The highest BCUT2D eigenvalue weighted by atomic mass is 35.5. The minimum absolute atomic E-state index is 0. The highest BCUT2D eigenvalue weighted by Gasteiger charge is 2.30. The van der Waals surface area contributed by atoms with E-state index in [0.29, 0.717) is 44.5 Å². The van der Waals surface area contributed by atoms with Crippen molar-refractivity contribution in [3.63, 3.8) is 0 Å². The molecule has 2 aliphatic heterocycles. The van der Waals surface area contributed by atoms with Crippen molar-refractivity contribution in [3.8, 4) is 5.75 Å². The van der Waals surface area contributed by atoms with Crippen molar-refractivity contribution in [2.75, 3.05) is 38.1 Å². The van der Waals surface area contributed by atoms with Gasteiger partial charge in [-0.3, -0.25) is 4.79 Å². The molecule has 192 valence electrons. The van der Waals surface area contributed by atoms with Crippen LogP contribution in [0.2, 0.25) is 0 Å². The molecule has 1 atom stereocenters. The van der Waals surface area contributed by atoms with Gasteiger partial charge in [0.05, 0.1) is 0 Å². The van der Waals surface area contributed by atoms with Crippen molar-refractivity contribution in [2.45, 2.75) is 70.1 Å². The highest BCUT2D eigenvalue weighted by Crippen LogP contribution is 2.31. The fraction of sp³-hybridized carbons (Fsp3) is 0.667. The number of aliphatic hydroxyl groups excluding tert-OH is 1. The van der Waals surface area contributed by atoms with Gasteiger partial charge in [0.1, 0.15) is 24.1 Å². The third-order valence-electron chi connectivity index (χ3n) is 6.79. The maximum atomic E-state index is 12.3. The lowest BCUT2D eigenvalue weighted by Gasteiger charge is -2.35. The lowest BCUT2D eigenvalue weighted by Crippen LogP contribution is -2.50. The molecule has 1 saturated heterocycles. The molecule has 10 heteroatoms. The Kier molecular flexibility index (Phi) is 10.9. The number of likely N-dealkylation sites (tertiary alicyclic amines) is 1. The number of piperidine rings is 1. The van der Waals surface area contributed by atoms with E-state index >= 15 is 0 Å². The van der Waals surface area contributed by atoms with Gasteiger partial charge in [-0.05, 0) is 44.2 Å². The summed E-state index contributed by atoms with van der Waals surface area (Å²) in [5, 5.41) is 16.3. The van der Waals surface area contributed by atoms with Crippen LogP contribution in [0.25, 0.3) is 0 Å². The molecule has 0 radical (unpaired) electrons. The molecule has 9 nitrogen and oxygen atoms in total. The van der Waals surface area contributed by atoms with E-state index in [1.807, 2.05) is 32.0 Å². The van der Waals surface area contributed by atoms with Crippen molar-refractivity contribution in [2.24, 2.45) is 5.73 Å². The van der Waals surface area contributed by atoms with E-state index in [0.717, 1.165) is 37.2 Å². The number of β-amino-alcohol motifs (C(OH)–C–C–N with tert-alkyl or cyclic N) is 1. The van der Waals surface area contributed by atoms with Gasteiger partial charge in [0.2, 0.25) is 5.91 Å². The molecule has 1 unspecified atom stereocenters. The minimum atomic E-state index is -0.632. The molecule has 3 rings (SSSR count). The number of anilines is 1. The Labute approximate surface area is 208 Å². The summed E-state index contributed by atoms with van der Waals surface area (Å²) in [7, 11) is 0. The van der Waals surface area contributed by atoms with Crippen molar-refractivity contribution >= 4 is 30.1 Å². The Balaban J connectivity index is 0.00000408. The number of aliphatic hydroxyl groups is 1. The van der Waals surface area contributed by atoms with Crippen LogP contribution in [0.3, 0.4) is 0 Å². The van der Waals surface area contributed by atoms with Crippen LogP contribution in [0.1, 0.15) is 51.5 Å². The number of hydrogen-bond acceptors (Lipinski definition) is 7. The van der Waals surface area contributed by atoms with Gasteiger partial charge in [0, 0.05) is 49.9 Å². The van der Waals surface area contributed by atoms with Crippen molar-refractivity contribution < 1.29 is 24.2 Å². The van der Waals surface area contributed by atoms with E-state index in [2.05, 4.69) is 15.5 Å². The first-order valence-electron chi connectivity index (χ1n) is 12.0. The number of amides is 2. The van der Waals surface area contributed by atoms with Gasteiger partial charge in [0.25, 0.3) is 0 Å². The summed E-state index contributed by atoms with van der Waals surface area (Å²) < 4.78 is 11.5. The van der Waals surface area contributed by atoms with Gasteiger partial charge < -0.3 is 35.8 Å². The summed E-state index contributed by atoms with van der Waals surface area (Å²) in [5.74, 6) is 0.723. The van der Waals surface area contributed by atoms with Gasteiger partial charge >= 0.3 is 6.09 Å². The number of alkyl carbamates (subject to hydrolysis) is 1. The average molecular weight is 499 g/mol. The zero-order valence-corrected chi connectivity index (χ0v) is 21.0. The van der Waals surface area contributed by atoms with Crippen LogP contribution in [0.4, 0.5) is 10.5 Å². The predicted octanol–water partition coefficient (Wildman–Crippen LogP) is 2.44. The number of carbonyl (C=O) groups is 2. The molecule has 0 aromatic heterocycles. The summed E-state index contributed by atoms with van der Waals surface area (Å²) in [4.78, 5) is 26.1. The van der Waals surface area contributed by atoms with E-state index in [-0.39, 0.29) is 31.0 Å². The first kappa shape index (κ1) is 28.2. The molecule has 2 aliphatic rings. The lowest BCUT2D eigenvalue weighted by atomic mass is 9.97. The van der Waals surface area contributed by atoms with Gasteiger partial charge in [0.15, 0.2) is 0 Å². The molecule has 0 saturated carbocycles. The largest absolute Gasteiger partial charge is 0.490 e. The van der Waals surface area contributed by atoms with Gasteiger partial charge in [-0.25, -0.2) is 4.79 Å². The molecule has 0 spiro atoms. The lowest BCUT2D eigenvalue weighted by molar-refractivity contribution is -0.116. The zero-order valence-electron chi connectivity index (χ0n) is 20.2. The summed E-state index contributed by atoms with van der Waals surface area (Å²) in [6.45, 7) is 6.50. The number of nitrogens with zero attached hydrogens (tertiary/aromatic N) is 1. The molecule has 1 fully saturated rings. The van der Waals surface area contributed by atoms with Crippen molar-refractivity contribution in [1.29, 1.82) is 0 Å². The maximum absolute atomic E-state index is 12.3. The Bertz CT molecular complexity index is 804. The van der Waals surface area contributed by atoms with Crippen LogP contribution in [0.5, 0.6) is 5.75 Å². The number of hydrogen-bond donors (Lipinski definition) is 4. The standard InChI is InChI=1S/C24H38N4O5.ClH/c1-3-24(4-2,16-25)33-23(31)26-17-10-12-28(13-11-17)14-18(29)15-32-21-7-5-6-20-19(21)8-9-22(30)27-20;/h5-7,17-18,29H,3-4,8-16,25H2,1-2H3,(H,26,31)(H,27,30);1H. The van der Waals surface area contributed by atoms with E-state index in [1.54, 1.807) is 0 Å². The van der Waals surface area contributed by atoms with Gasteiger partial charge in [-0.15, -0.1) is 12.4 Å². The van der Waals surface area contributed by atoms with Crippen molar-refractivity contribution in [1.82, 2.24) is 10.2 Å². The predicted molar refractivity (Wildman–Crippen MR) is 134 cm³/mol. The van der Waals surface area contributed by atoms with Crippen molar-refractivity contribution in [3.05, 3.63) is 23.8 Å². The maximum Gasteiger partial charge on any atom is 0.407 e. The Morgan fingerprint density at radius 2 is 2.00 bits per heavy atom. The Hall–Kier alpha value is -2.07. The molecule has 2 heterocycles. The Morgan fingerprint density at radius 3 is 2.65 bits per heavy atom. The van der Waals surface area contributed by atoms with E-state index in [1.165, 1.54) is 0 Å². The average Bonchev–Trinajstić information content (AvgIpc) is 2.82. The normalized spacial score (nSPS) is 17.7. The molecule has 2 amide bonds. The number of fused-ring (bicyclic) bond motifs is 1. The summed E-state index contributed by atoms with van der Waals surface area (Å²) in [6.07, 6.45) is 3.00. The highest BCUT2D eigenvalue weighted by molar-refractivity contribution is 5.94. The first-order chi connectivity index (χ1) is 15.9. The van der Waals surface area contributed by atoms with Crippen LogP contribution in [-0.2, 0) is 16.0 Å². The van der Waals surface area contributed by atoms with E-state index < -0.39 is 17.8 Å². The second kappa shape index (κ2) is 13.1. The zero-order chi connectivity index (χ0) is 23.8. The molecule has 1 aromatic carbocycles. The second-order valence-corrected chi connectivity index (χ2v) is 9.00. The van der Waals surface area contributed by atoms with Crippen LogP contribution >= 0.6 is 12.4 Å². The van der Waals surface area contributed by atoms with Crippen LogP contribution in [0.15, 0.2) is 18.2 Å². The molecule has 0 bridgehead atoms. The first-order valence-corrected chi connectivity index (χ1v) is 12.0. The third-order valence-corrected chi connectivity index (χ3v) is 6.79. The minimum Gasteiger partial charge on any atom is -0.490 e. The molecule has 1 aromatic rings. The molecular formula is C24H39ClN4O5. The van der Waals surface area contributed by atoms with Gasteiger partial charge in [-0.1, -0.05) is 19.9 Å². The van der Waals surface area contributed by atoms with Crippen LogP contribution in [0, 0.1) is 0 Å².